The molecule has 0 saturated carbocycles. The minimum absolute atomic E-state index is 0.124. The molecule has 1 amide bonds. The summed E-state index contributed by atoms with van der Waals surface area (Å²) in [5.74, 6) is -0.124. The largest absolute Gasteiger partial charge is 0.305 e. The maximum absolute atomic E-state index is 12.2. The van der Waals surface area contributed by atoms with E-state index in [2.05, 4.69) is 23.6 Å². The van der Waals surface area contributed by atoms with Gasteiger partial charge in [-0.3, -0.25) is 4.79 Å². The Morgan fingerprint density at radius 1 is 0.864 bits per heavy atom. The van der Waals surface area contributed by atoms with Crippen LogP contribution in [0.2, 0.25) is 0 Å². The van der Waals surface area contributed by atoms with Crippen LogP contribution in [0.15, 0.2) is 79.0 Å². The van der Waals surface area contributed by atoms with E-state index in [0.717, 1.165) is 16.8 Å². The lowest BCUT2D eigenvalue weighted by Gasteiger charge is -2.05. The molecule has 0 aliphatic heterocycles. The second-order valence-electron chi connectivity index (χ2n) is 5.10. The lowest BCUT2D eigenvalue weighted by molar-refractivity contribution is -0.647. The first-order chi connectivity index (χ1) is 10.7. The Bertz CT molecular complexity index is 783. The van der Waals surface area contributed by atoms with Gasteiger partial charge in [-0.25, -0.2) is 0 Å². The summed E-state index contributed by atoms with van der Waals surface area (Å²) in [5, 5.41) is 0. The molecule has 0 aliphatic carbocycles. The maximum Gasteiger partial charge on any atom is 0.305 e. The van der Waals surface area contributed by atoms with E-state index in [1.54, 1.807) is 16.8 Å². The minimum Gasteiger partial charge on any atom is -0.264 e. The zero-order valence-corrected chi connectivity index (χ0v) is 12.4. The highest BCUT2D eigenvalue weighted by atomic mass is 16.2. The van der Waals surface area contributed by atoms with E-state index < -0.39 is 0 Å². The first-order valence-electron chi connectivity index (χ1n) is 7.18. The van der Waals surface area contributed by atoms with Gasteiger partial charge < -0.3 is 0 Å². The van der Waals surface area contributed by atoms with E-state index in [-0.39, 0.29) is 5.91 Å². The number of aryl methyl sites for hydroxylation is 1. The number of carbonyl (C=O) groups is 1. The fraction of sp³-hybridized carbons (Fsp3) is 0.0526. The third-order valence-corrected chi connectivity index (χ3v) is 3.51. The highest BCUT2D eigenvalue weighted by Crippen LogP contribution is 2.17. The number of nitrogens with one attached hydrogen (secondary N) is 1. The van der Waals surface area contributed by atoms with Gasteiger partial charge in [-0.05, 0) is 23.3 Å². The van der Waals surface area contributed by atoms with Gasteiger partial charge in [-0.2, -0.15) is 0 Å². The quantitative estimate of drug-likeness (QED) is 0.737. The van der Waals surface area contributed by atoms with Crippen molar-refractivity contribution in [3.8, 4) is 11.1 Å². The first kappa shape index (κ1) is 14.0. The highest BCUT2D eigenvalue weighted by Gasteiger charge is 2.13. The summed E-state index contributed by atoms with van der Waals surface area (Å²) < 4.78 is 1.74. The van der Waals surface area contributed by atoms with E-state index >= 15 is 0 Å². The number of rotatable bonds is 3. The average Bonchev–Trinajstić information content (AvgIpc) is 2.58. The predicted octanol–water partition coefficient (Wildman–Crippen LogP) is 3.33. The normalized spacial score (nSPS) is 10.2. The van der Waals surface area contributed by atoms with Crippen LogP contribution in [0.3, 0.4) is 0 Å². The van der Waals surface area contributed by atoms with Crippen molar-refractivity contribution in [1.29, 1.82) is 0 Å². The van der Waals surface area contributed by atoms with Gasteiger partial charge in [0.1, 0.15) is 0 Å². The third kappa shape index (κ3) is 3.04. The number of aromatic nitrogens is 1. The molecule has 0 spiro atoms. The van der Waals surface area contributed by atoms with Crippen molar-refractivity contribution in [3.05, 3.63) is 90.3 Å². The van der Waals surface area contributed by atoms with Crippen LogP contribution in [0.5, 0.6) is 0 Å². The second-order valence-corrected chi connectivity index (χ2v) is 5.10. The van der Waals surface area contributed by atoms with Crippen LogP contribution in [0, 0.1) is 6.92 Å². The topological polar surface area (TPSA) is 33.0 Å². The summed E-state index contributed by atoms with van der Waals surface area (Å²) in [6.07, 6.45) is 1.87. The monoisotopic (exact) mass is 289 g/mol. The van der Waals surface area contributed by atoms with Crippen LogP contribution < -0.4 is 10.1 Å². The summed E-state index contributed by atoms with van der Waals surface area (Å²) in [5.41, 5.74) is 6.77. The molecular formula is C19H17N2O+. The molecule has 0 radical (unpaired) electrons. The molecule has 0 bridgehead atoms. The maximum atomic E-state index is 12.2. The Labute approximate surface area is 129 Å². The Balaban J connectivity index is 1.83. The second kappa shape index (κ2) is 6.22. The number of hydrogen-bond donors (Lipinski definition) is 1. The summed E-state index contributed by atoms with van der Waals surface area (Å²) in [4.78, 5) is 12.2. The Morgan fingerprint density at radius 3 is 2.14 bits per heavy atom. The number of carbonyl (C=O) groups excluding carboxylic acids is 1. The van der Waals surface area contributed by atoms with Crippen molar-refractivity contribution < 1.29 is 9.47 Å². The number of amides is 1. The van der Waals surface area contributed by atoms with Crippen LogP contribution >= 0.6 is 0 Å². The van der Waals surface area contributed by atoms with E-state index in [9.17, 15) is 4.79 Å². The Hall–Kier alpha value is -2.94. The highest BCUT2D eigenvalue weighted by molar-refractivity contribution is 5.98. The molecule has 2 aromatic carbocycles. The van der Waals surface area contributed by atoms with Crippen LogP contribution in [0.4, 0.5) is 0 Å². The van der Waals surface area contributed by atoms with Gasteiger partial charge >= 0.3 is 5.91 Å². The van der Waals surface area contributed by atoms with Gasteiger partial charge in [0.05, 0.1) is 0 Å². The van der Waals surface area contributed by atoms with Crippen molar-refractivity contribution in [2.45, 2.75) is 6.92 Å². The van der Waals surface area contributed by atoms with Crippen LogP contribution in [0.1, 0.15) is 16.1 Å². The molecule has 0 fully saturated rings. The molecule has 0 saturated heterocycles. The van der Waals surface area contributed by atoms with Crippen molar-refractivity contribution >= 4 is 5.91 Å². The molecule has 22 heavy (non-hydrogen) atoms. The van der Waals surface area contributed by atoms with Gasteiger partial charge in [0, 0.05) is 24.6 Å². The van der Waals surface area contributed by atoms with E-state index in [1.807, 2.05) is 55.6 Å². The number of pyridine rings is 1. The fourth-order valence-electron chi connectivity index (χ4n) is 2.31. The summed E-state index contributed by atoms with van der Waals surface area (Å²) >= 11 is 0. The fourth-order valence-corrected chi connectivity index (χ4v) is 2.31. The standard InChI is InChI=1S/C19H16N2O/c1-15-14-18(16-8-4-2-5-9-16)12-13-21(15)20-19(22)17-10-6-3-7-11-17/h2-14H,1H3/p+1. The Morgan fingerprint density at radius 2 is 1.50 bits per heavy atom. The van der Waals surface area contributed by atoms with Gasteiger partial charge in [0.25, 0.3) is 0 Å². The molecule has 1 aromatic heterocycles. The molecule has 3 aromatic rings. The molecule has 3 heteroatoms. The van der Waals surface area contributed by atoms with Crippen molar-refractivity contribution in [2.75, 3.05) is 5.43 Å². The average molecular weight is 289 g/mol. The number of hydrogen-bond acceptors (Lipinski definition) is 1. The predicted molar refractivity (Wildman–Crippen MR) is 86.9 cm³/mol. The van der Waals surface area contributed by atoms with Gasteiger partial charge in [-0.1, -0.05) is 53.2 Å². The van der Waals surface area contributed by atoms with Crippen molar-refractivity contribution in [2.24, 2.45) is 0 Å². The number of nitrogens with zero attached hydrogens (tertiary/aromatic N) is 1. The summed E-state index contributed by atoms with van der Waals surface area (Å²) in [7, 11) is 0. The summed E-state index contributed by atoms with van der Waals surface area (Å²) in [6.45, 7) is 1.97. The zero-order chi connectivity index (χ0) is 15.4. The van der Waals surface area contributed by atoms with E-state index in [0.29, 0.717) is 5.56 Å². The lowest BCUT2D eigenvalue weighted by Crippen LogP contribution is -2.50. The molecular weight excluding hydrogens is 272 g/mol. The first-order valence-corrected chi connectivity index (χ1v) is 7.18. The lowest BCUT2D eigenvalue weighted by atomic mass is 10.1. The molecule has 0 atom stereocenters. The summed E-state index contributed by atoms with van der Waals surface area (Å²) in [6, 6.07) is 23.4. The van der Waals surface area contributed by atoms with Gasteiger partial charge in [-0.15, -0.1) is 5.43 Å². The van der Waals surface area contributed by atoms with Crippen LogP contribution in [-0.4, -0.2) is 5.91 Å². The van der Waals surface area contributed by atoms with E-state index in [4.69, 9.17) is 0 Å². The SMILES string of the molecule is Cc1cc(-c2ccccc2)cc[n+]1NC(=O)c1ccccc1. The Kier molecular flexibility index (Phi) is 3.97. The van der Waals surface area contributed by atoms with Crippen LogP contribution in [-0.2, 0) is 0 Å². The van der Waals surface area contributed by atoms with Gasteiger partial charge in [0.15, 0.2) is 0 Å². The van der Waals surface area contributed by atoms with Crippen molar-refractivity contribution in [1.82, 2.24) is 0 Å². The molecule has 3 nitrogen and oxygen atoms in total. The smallest absolute Gasteiger partial charge is 0.264 e. The zero-order valence-electron chi connectivity index (χ0n) is 12.4. The molecule has 0 unspecified atom stereocenters. The molecule has 1 N–H and O–H groups in total. The molecule has 3 rings (SSSR count). The van der Waals surface area contributed by atoms with Crippen molar-refractivity contribution in [3.63, 3.8) is 0 Å². The minimum atomic E-state index is -0.124. The molecule has 108 valence electrons. The third-order valence-electron chi connectivity index (χ3n) is 3.51. The van der Waals surface area contributed by atoms with Gasteiger partial charge in [0.2, 0.25) is 11.9 Å². The van der Waals surface area contributed by atoms with E-state index in [1.165, 1.54) is 0 Å². The number of benzene rings is 2. The van der Waals surface area contributed by atoms with Crippen LogP contribution in [0.25, 0.3) is 11.1 Å². The molecule has 0 aliphatic rings. The molecule has 1 heterocycles.